The van der Waals surface area contributed by atoms with Crippen LogP contribution in [0.2, 0.25) is 0 Å². The Morgan fingerprint density at radius 2 is 1.88 bits per heavy atom. The van der Waals surface area contributed by atoms with E-state index in [-0.39, 0.29) is 0 Å². The molecule has 0 atom stereocenters. The average molecular weight is 356 g/mol. The molecule has 2 nitrogen and oxygen atoms in total. The summed E-state index contributed by atoms with van der Waals surface area (Å²) in [6.45, 7) is 1.65. The van der Waals surface area contributed by atoms with Crippen molar-refractivity contribution in [3.8, 4) is 0 Å². The second-order valence-electron chi connectivity index (χ2n) is 3.71. The second-order valence-corrected chi connectivity index (χ2v) is 5.48. The van der Waals surface area contributed by atoms with Crippen LogP contribution in [0, 0.1) is 0 Å². The molecule has 2 rings (SSSR count). The third-order valence-corrected chi connectivity index (χ3v) is 3.57. The fourth-order valence-corrected chi connectivity index (χ4v) is 2.37. The molecule has 0 aliphatic heterocycles. The van der Waals surface area contributed by atoms with Gasteiger partial charge in [-0.25, -0.2) is 0 Å². The number of halogens is 2. The van der Waals surface area contributed by atoms with Gasteiger partial charge in [0.15, 0.2) is 0 Å². The first-order valence-corrected chi connectivity index (χ1v) is 6.88. The fraction of sp³-hybridized carbons (Fsp3) is 0.154. The van der Waals surface area contributed by atoms with Gasteiger partial charge in [0.05, 0.1) is 0 Å². The number of pyridine rings is 1. The van der Waals surface area contributed by atoms with Gasteiger partial charge in [-0.05, 0) is 39.2 Å². The van der Waals surface area contributed by atoms with Gasteiger partial charge < -0.3 is 5.32 Å². The van der Waals surface area contributed by atoms with E-state index in [9.17, 15) is 0 Å². The molecule has 0 aliphatic rings. The van der Waals surface area contributed by atoms with Crippen molar-refractivity contribution in [2.24, 2.45) is 0 Å². The number of hydrogen-bond acceptors (Lipinski definition) is 2. The first-order chi connectivity index (χ1) is 8.25. The lowest BCUT2D eigenvalue weighted by Crippen LogP contribution is -2.13. The minimum absolute atomic E-state index is 0.813. The van der Waals surface area contributed by atoms with E-state index in [1.54, 1.807) is 6.20 Å². The van der Waals surface area contributed by atoms with Gasteiger partial charge in [-0.15, -0.1) is 0 Å². The molecule has 4 heteroatoms. The molecule has 88 valence electrons. The van der Waals surface area contributed by atoms with Crippen LogP contribution in [-0.4, -0.2) is 4.98 Å². The van der Waals surface area contributed by atoms with E-state index in [4.69, 9.17) is 0 Å². The Morgan fingerprint density at radius 3 is 2.65 bits per heavy atom. The molecule has 0 radical (unpaired) electrons. The van der Waals surface area contributed by atoms with Crippen molar-refractivity contribution >= 4 is 31.9 Å². The van der Waals surface area contributed by atoms with E-state index in [0.717, 1.165) is 22.0 Å². The van der Waals surface area contributed by atoms with E-state index < -0.39 is 0 Å². The van der Waals surface area contributed by atoms with E-state index in [1.165, 1.54) is 11.1 Å². The van der Waals surface area contributed by atoms with E-state index >= 15 is 0 Å². The summed E-state index contributed by atoms with van der Waals surface area (Å²) in [5, 5.41) is 3.40. The second kappa shape index (κ2) is 6.28. The molecule has 0 spiro atoms. The molecule has 0 aliphatic carbocycles. The molecule has 1 aromatic heterocycles. The SMILES string of the molecule is Brc1cncc(CNCc2ccccc2Br)c1. The molecular formula is C13H12Br2N2. The topological polar surface area (TPSA) is 24.9 Å². The van der Waals surface area contributed by atoms with Crippen LogP contribution in [0.1, 0.15) is 11.1 Å². The maximum atomic E-state index is 4.13. The summed E-state index contributed by atoms with van der Waals surface area (Å²) >= 11 is 6.95. The summed E-state index contributed by atoms with van der Waals surface area (Å²) in [6, 6.07) is 10.3. The van der Waals surface area contributed by atoms with Gasteiger partial charge >= 0.3 is 0 Å². The zero-order valence-electron chi connectivity index (χ0n) is 9.16. The standard InChI is InChI=1S/C13H12Br2N2/c14-12-5-10(7-17-9-12)6-16-8-11-3-1-2-4-13(11)15/h1-5,7,9,16H,6,8H2. The lowest BCUT2D eigenvalue weighted by atomic mass is 10.2. The third kappa shape index (κ3) is 3.91. The Labute approximate surface area is 118 Å². The molecule has 0 saturated heterocycles. The maximum absolute atomic E-state index is 4.13. The van der Waals surface area contributed by atoms with Crippen LogP contribution in [0.15, 0.2) is 51.7 Å². The van der Waals surface area contributed by atoms with Crippen LogP contribution in [-0.2, 0) is 13.1 Å². The lowest BCUT2D eigenvalue weighted by Gasteiger charge is -2.06. The fourth-order valence-electron chi connectivity index (χ4n) is 1.54. The van der Waals surface area contributed by atoms with Gasteiger partial charge in [0.25, 0.3) is 0 Å². The number of benzene rings is 1. The van der Waals surface area contributed by atoms with Crippen molar-refractivity contribution in [1.82, 2.24) is 10.3 Å². The highest BCUT2D eigenvalue weighted by Gasteiger charge is 1.98. The molecule has 0 unspecified atom stereocenters. The Morgan fingerprint density at radius 1 is 1.06 bits per heavy atom. The average Bonchev–Trinajstić information content (AvgIpc) is 2.32. The van der Waals surface area contributed by atoms with Crippen LogP contribution in [0.3, 0.4) is 0 Å². The van der Waals surface area contributed by atoms with Crippen molar-refractivity contribution < 1.29 is 0 Å². The van der Waals surface area contributed by atoms with E-state index in [2.05, 4.69) is 60.4 Å². The van der Waals surface area contributed by atoms with Gasteiger partial charge in [0.2, 0.25) is 0 Å². The van der Waals surface area contributed by atoms with Crippen LogP contribution < -0.4 is 5.32 Å². The maximum Gasteiger partial charge on any atom is 0.0410 e. The summed E-state index contributed by atoms with van der Waals surface area (Å²) in [5.74, 6) is 0. The summed E-state index contributed by atoms with van der Waals surface area (Å²) < 4.78 is 2.15. The lowest BCUT2D eigenvalue weighted by molar-refractivity contribution is 0.689. The van der Waals surface area contributed by atoms with Gasteiger partial charge in [-0.3, -0.25) is 4.98 Å². The number of nitrogens with zero attached hydrogens (tertiary/aromatic N) is 1. The molecule has 0 fully saturated rings. The van der Waals surface area contributed by atoms with E-state index in [0.29, 0.717) is 0 Å². The monoisotopic (exact) mass is 354 g/mol. The zero-order chi connectivity index (χ0) is 12.1. The molecule has 0 amide bonds. The van der Waals surface area contributed by atoms with Gasteiger partial charge in [0, 0.05) is 34.4 Å². The highest BCUT2D eigenvalue weighted by atomic mass is 79.9. The summed E-state index contributed by atoms with van der Waals surface area (Å²) in [6.07, 6.45) is 3.66. The zero-order valence-corrected chi connectivity index (χ0v) is 12.3. The third-order valence-electron chi connectivity index (χ3n) is 2.36. The highest BCUT2D eigenvalue weighted by Crippen LogP contribution is 2.15. The molecule has 2 aromatic rings. The predicted octanol–water partition coefficient (Wildman–Crippen LogP) is 3.90. The summed E-state index contributed by atoms with van der Waals surface area (Å²) in [4.78, 5) is 4.13. The molecule has 17 heavy (non-hydrogen) atoms. The largest absolute Gasteiger partial charge is 0.309 e. The Bertz CT molecular complexity index is 500. The van der Waals surface area contributed by atoms with Crippen molar-refractivity contribution in [3.63, 3.8) is 0 Å². The van der Waals surface area contributed by atoms with Gasteiger partial charge in [-0.2, -0.15) is 0 Å². The minimum atomic E-state index is 0.813. The molecule has 1 heterocycles. The number of rotatable bonds is 4. The van der Waals surface area contributed by atoms with Gasteiger partial charge in [-0.1, -0.05) is 34.1 Å². The molecular weight excluding hydrogens is 344 g/mol. The number of aromatic nitrogens is 1. The van der Waals surface area contributed by atoms with Gasteiger partial charge in [0.1, 0.15) is 0 Å². The Kier molecular flexibility index (Phi) is 4.71. The van der Waals surface area contributed by atoms with Crippen molar-refractivity contribution in [1.29, 1.82) is 0 Å². The van der Waals surface area contributed by atoms with Crippen LogP contribution >= 0.6 is 31.9 Å². The summed E-state index contributed by atoms with van der Waals surface area (Å²) in [5.41, 5.74) is 2.43. The Balaban J connectivity index is 1.90. The first kappa shape index (κ1) is 12.7. The molecule has 1 aromatic carbocycles. The molecule has 0 saturated carbocycles. The van der Waals surface area contributed by atoms with Crippen LogP contribution in [0.4, 0.5) is 0 Å². The number of hydrogen-bond donors (Lipinski definition) is 1. The van der Waals surface area contributed by atoms with Crippen molar-refractivity contribution in [2.75, 3.05) is 0 Å². The highest BCUT2D eigenvalue weighted by molar-refractivity contribution is 9.10. The van der Waals surface area contributed by atoms with E-state index in [1.807, 2.05) is 18.3 Å². The quantitative estimate of drug-likeness (QED) is 0.899. The smallest absolute Gasteiger partial charge is 0.0410 e. The predicted molar refractivity (Wildman–Crippen MR) is 76.6 cm³/mol. The molecule has 1 N–H and O–H groups in total. The van der Waals surface area contributed by atoms with Crippen molar-refractivity contribution in [3.05, 3.63) is 62.8 Å². The number of nitrogens with one attached hydrogen (secondary N) is 1. The minimum Gasteiger partial charge on any atom is -0.309 e. The normalized spacial score (nSPS) is 10.5. The van der Waals surface area contributed by atoms with Crippen molar-refractivity contribution in [2.45, 2.75) is 13.1 Å². The van der Waals surface area contributed by atoms with Crippen LogP contribution in [0.5, 0.6) is 0 Å². The Hall–Kier alpha value is -0.710. The molecule has 0 bridgehead atoms. The summed E-state index contributed by atoms with van der Waals surface area (Å²) in [7, 11) is 0. The van der Waals surface area contributed by atoms with Crippen LogP contribution in [0.25, 0.3) is 0 Å². The first-order valence-electron chi connectivity index (χ1n) is 5.29.